The van der Waals surface area contributed by atoms with Crippen LogP contribution in [0.25, 0.3) is 0 Å². The number of allylic oxidation sites excluding steroid dienone is 9. The Morgan fingerprint density at radius 1 is 0.875 bits per heavy atom. The van der Waals surface area contributed by atoms with Gasteiger partial charge in [0.2, 0.25) is 0 Å². The van der Waals surface area contributed by atoms with Crippen LogP contribution >= 0.6 is 0 Å². The van der Waals surface area contributed by atoms with E-state index in [0.717, 1.165) is 5.57 Å². The molecule has 0 N–H and O–H groups in total. The van der Waals surface area contributed by atoms with Crippen LogP contribution in [0.3, 0.4) is 0 Å². The maximum atomic E-state index is 3.91. The van der Waals surface area contributed by atoms with Crippen LogP contribution in [0.2, 0.25) is 0 Å². The molecule has 0 nitrogen and oxygen atoms in total. The van der Waals surface area contributed by atoms with Crippen LogP contribution in [0, 0.1) is 5.41 Å². The van der Waals surface area contributed by atoms with Gasteiger partial charge in [-0.3, -0.25) is 0 Å². The highest BCUT2D eigenvalue weighted by molar-refractivity contribution is 5.65. The monoisotopic (exact) mass is 212 g/mol. The molecular weight excluding hydrogens is 192 g/mol. The SMILES string of the molecule is C=CC1=C(C=C)C(C)(C)C(/C=C\C)=C1C=C. The Morgan fingerprint density at radius 3 is 1.75 bits per heavy atom. The molecule has 0 atom stereocenters. The van der Waals surface area contributed by atoms with Crippen LogP contribution < -0.4 is 0 Å². The minimum Gasteiger partial charge on any atom is -0.0987 e. The first-order valence-corrected chi connectivity index (χ1v) is 5.54. The molecule has 84 valence electrons. The fourth-order valence-corrected chi connectivity index (χ4v) is 2.38. The third kappa shape index (κ3) is 1.65. The van der Waals surface area contributed by atoms with Crippen molar-refractivity contribution in [2.24, 2.45) is 5.41 Å². The molecule has 0 heterocycles. The normalized spacial score (nSPS) is 19.4. The molecule has 1 rings (SSSR count). The summed E-state index contributed by atoms with van der Waals surface area (Å²) in [5, 5.41) is 0. The van der Waals surface area contributed by atoms with Gasteiger partial charge in [0.1, 0.15) is 0 Å². The van der Waals surface area contributed by atoms with Gasteiger partial charge in [0.15, 0.2) is 0 Å². The van der Waals surface area contributed by atoms with Crippen LogP contribution in [-0.2, 0) is 0 Å². The van der Waals surface area contributed by atoms with Gasteiger partial charge in [-0.15, -0.1) is 0 Å². The Balaban J connectivity index is 3.56. The Labute approximate surface area is 99.1 Å². The summed E-state index contributed by atoms with van der Waals surface area (Å²) >= 11 is 0. The molecule has 1 aliphatic rings. The first kappa shape index (κ1) is 12.5. The standard InChI is InChI=1S/C16H20/c1-7-11-15-13(9-3)12(8-2)14(10-4)16(15,5)6/h7-11H,2-4H2,1,5-6H3/b11-7-. The molecule has 16 heavy (non-hydrogen) atoms. The first-order valence-electron chi connectivity index (χ1n) is 5.54. The summed E-state index contributed by atoms with van der Waals surface area (Å²) in [6.45, 7) is 18.1. The second-order valence-corrected chi connectivity index (χ2v) is 4.39. The van der Waals surface area contributed by atoms with Crippen LogP contribution in [0.4, 0.5) is 0 Å². The summed E-state index contributed by atoms with van der Waals surface area (Å²) < 4.78 is 0. The second kappa shape index (κ2) is 4.52. The number of rotatable bonds is 4. The fraction of sp³-hybridized carbons (Fsp3) is 0.250. The molecule has 0 saturated heterocycles. The van der Waals surface area contributed by atoms with E-state index in [2.05, 4.69) is 45.7 Å². The zero-order chi connectivity index (χ0) is 12.3. The van der Waals surface area contributed by atoms with Crippen LogP contribution in [0.5, 0.6) is 0 Å². The summed E-state index contributed by atoms with van der Waals surface area (Å²) in [6.07, 6.45) is 9.94. The van der Waals surface area contributed by atoms with E-state index >= 15 is 0 Å². The zero-order valence-corrected chi connectivity index (χ0v) is 10.5. The van der Waals surface area contributed by atoms with Gasteiger partial charge in [-0.25, -0.2) is 0 Å². The Hall–Kier alpha value is -1.56. The largest absolute Gasteiger partial charge is 0.0987 e. The van der Waals surface area contributed by atoms with Crippen molar-refractivity contribution >= 4 is 0 Å². The molecule has 0 bridgehead atoms. The lowest BCUT2D eigenvalue weighted by Gasteiger charge is -2.23. The van der Waals surface area contributed by atoms with Gasteiger partial charge in [-0.05, 0) is 29.2 Å². The van der Waals surface area contributed by atoms with Crippen molar-refractivity contribution in [2.75, 3.05) is 0 Å². The van der Waals surface area contributed by atoms with Crippen molar-refractivity contribution < 1.29 is 0 Å². The summed E-state index contributed by atoms with van der Waals surface area (Å²) in [6, 6.07) is 0. The minimum atomic E-state index is -0.0126. The van der Waals surface area contributed by atoms with E-state index in [4.69, 9.17) is 0 Å². The third-order valence-electron chi connectivity index (χ3n) is 3.16. The topological polar surface area (TPSA) is 0 Å². The fourth-order valence-electron chi connectivity index (χ4n) is 2.38. The first-order chi connectivity index (χ1) is 7.54. The minimum absolute atomic E-state index is 0.0126. The van der Waals surface area contributed by atoms with E-state index in [9.17, 15) is 0 Å². The Morgan fingerprint density at radius 2 is 1.38 bits per heavy atom. The maximum absolute atomic E-state index is 3.91. The molecule has 0 fully saturated rings. The molecular formula is C16H20. The van der Waals surface area contributed by atoms with Gasteiger partial charge in [0.25, 0.3) is 0 Å². The molecule has 0 amide bonds. The van der Waals surface area contributed by atoms with Crippen molar-refractivity contribution in [2.45, 2.75) is 20.8 Å². The average Bonchev–Trinajstić information content (AvgIpc) is 2.46. The lowest BCUT2D eigenvalue weighted by atomic mass is 9.80. The van der Waals surface area contributed by atoms with Gasteiger partial charge < -0.3 is 0 Å². The Bertz CT molecular complexity index is 423. The van der Waals surface area contributed by atoms with E-state index in [1.165, 1.54) is 16.7 Å². The molecule has 0 unspecified atom stereocenters. The van der Waals surface area contributed by atoms with Gasteiger partial charge in [0, 0.05) is 5.41 Å². The van der Waals surface area contributed by atoms with Gasteiger partial charge in [-0.1, -0.05) is 64.0 Å². The maximum Gasteiger partial charge on any atom is 0.0158 e. The zero-order valence-electron chi connectivity index (χ0n) is 10.5. The van der Waals surface area contributed by atoms with Crippen LogP contribution in [0.1, 0.15) is 20.8 Å². The van der Waals surface area contributed by atoms with E-state index in [1.54, 1.807) is 0 Å². The van der Waals surface area contributed by atoms with E-state index < -0.39 is 0 Å². The molecule has 0 spiro atoms. The van der Waals surface area contributed by atoms with Gasteiger partial charge in [-0.2, -0.15) is 0 Å². The van der Waals surface area contributed by atoms with Gasteiger partial charge in [0.05, 0.1) is 0 Å². The molecule has 0 aromatic heterocycles. The Kier molecular flexibility index (Phi) is 3.54. The highest BCUT2D eigenvalue weighted by Gasteiger charge is 2.34. The molecule has 0 aromatic rings. The molecule has 0 aliphatic heterocycles. The van der Waals surface area contributed by atoms with Gasteiger partial charge >= 0.3 is 0 Å². The summed E-state index contributed by atoms with van der Waals surface area (Å²) in [5.74, 6) is 0. The van der Waals surface area contributed by atoms with E-state index in [-0.39, 0.29) is 5.41 Å². The smallest absolute Gasteiger partial charge is 0.0158 e. The quantitative estimate of drug-likeness (QED) is 0.630. The highest BCUT2D eigenvalue weighted by atomic mass is 14.4. The van der Waals surface area contributed by atoms with E-state index in [1.807, 2.05) is 25.2 Å². The van der Waals surface area contributed by atoms with Crippen molar-refractivity contribution in [3.8, 4) is 0 Å². The van der Waals surface area contributed by atoms with Crippen molar-refractivity contribution in [3.05, 3.63) is 72.4 Å². The predicted octanol–water partition coefficient (Wildman–Crippen LogP) is 4.75. The lowest BCUT2D eigenvalue weighted by molar-refractivity contribution is 0.576. The number of hydrogen-bond donors (Lipinski definition) is 0. The summed E-state index contributed by atoms with van der Waals surface area (Å²) in [4.78, 5) is 0. The molecule has 0 saturated carbocycles. The third-order valence-corrected chi connectivity index (χ3v) is 3.16. The highest BCUT2D eigenvalue weighted by Crippen LogP contribution is 2.48. The van der Waals surface area contributed by atoms with E-state index in [0.29, 0.717) is 0 Å². The van der Waals surface area contributed by atoms with Crippen molar-refractivity contribution in [3.63, 3.8) is 0 Å². The second-order valence-electron chi connectivity index (χ2n) is 4.39. The molecule has 0 aromatic carbocycles. The van der Waals surface area contributed by atoms with Crippen molar-refractivity contribution in [1.29, 1.82) is 0 Å². The molecule has 0 heteroatoms. The predicted molar refractivity (Wildman–Crippen MR) is 73.2 cm³/mol. The van der Waals surface area contributed by atoms with Crippen molar-refractivity contribution in [1.82, 2.24) is 0 Å². The summed E-state index contributed by atoms with van der Waals surface area (Å²) in [7, 11) is 0. The summed E-state index contributed by atoms with van der Waals surface area (Å²) in [5.41, 5.74) is 4.83. The average molecular weight is 212 g/mol. The molecule has 1 aliphatic carbocycles. The number of hydrogen-bond acceptors (Lipinski definition) is 0. The lowest BCUT2D eigenvalue weighted by Crippen LogP contribution is -2.12. The van der Waals surface area contributed by atoms with Crippen LogP contribution in [-0.4, -0.2) is 0 Å². The van der Waals surface area contributed by atoms with Crippen LogP contribution in [0.15, 0.2) is 72.4 Å². The molecule has 0 radical (unpaired) electrons.